The predicted octanol–water partition coefficient (Wildman–Crippen LogP) is 1.39. The highest BCUT2D eigenvalue weighted by Gasteiger charge is 2.53. The van der Waals surface area contributed by atoms with Gasteiger partial charge in [-0.2, -0.15) is 0 Å². The first-order valence-corrected chi connectivity index (χ1v) is 12.0. The first-order chi connectivity index (χ1) is 19.0. The van der Waals surface area contributed by atoms with Gasteiger partial charge in [-0.1, -0.05) is 0 Å². The molecule has 40 heavy (non-hydrogen) atoms. The van der Waals surface area contributed by atoms with Crippen LogP contribution in [0.2, 0.25) is 0 Å². The normalized spacial score (nSPS) is 21.9. The lowest BCUT2D eigenvalue weighted by atomic mass is 9.98. The standard InChI is InChI=1S/C26H28N2O12/c1-13(29)35-12-21-22(36-14(2)30)23(37-15(3)31)24(38-16(4)32)26(40-21)39-18-8-6-17(7-9-18)19-10-28-20(11-27-19)25(33)34-5/h6-11,21-24,26H,12H2,1-5H3/t21-,22-,23+,24+,26+/m1/s1. The van der Waals surface area contributed by atoms with E-state index in [1.54, 1.807) is 24.3 Å². The van der Waals surface area contributed by atoms with Crippen LogP contribution in [0.4, 0.5) is 0 Å². The molecule has 1 aromatic carbocycles. The van der Waals surface area contributed by atoms with Gasteiger partial charge in [-0.05, 0) is 24.3 Å². The number of carbonyl (C=O) groups excluding carboxylic acids is 5. The van der Waals surface area contributed by atoms with E-state index in [1.807, 2.05) is 0 Å². The van der Waals surface area contributed by atoms with Crippen molar-refractivity contribution in [1.82, 2.24) is 9.97 Å². The van der Waals surface area contributed by atoms with Gasteiger partial charge < -0.3 is 33.2 Å². The Morgan fingerprint density at radius 1 is 0.775 bits per heavy atom. The summed E-state index contributed by atoms with van der Waals surface area (Å²) in [6.45, 7) is 4.19. The van der Waals surface area contributed by atoms with E-state index in [0.29, 0.717) is 11.3 Å². The van der Waals surface area contributed by atoms with E-state index in [2.05, 4.69) is 14.7 Å². The van der Waals surface area contributed by atoms with Crippen molar-refractivity contribution in [2.75, 3.05) is 13.7 Å². The molecule has 0 N–H and O–H groups in total. The van der Waals surface area contributed by atoms with Gasteiger partial charge in [0.25, 0.3) is 0 Å². The van der Waals surface area contributed by atoms with Crippen molar-refractivity contribution in [1.29, 1.82) is 0 Å². The van der Waals surface area contributed by atoms with Gasteiger partial charge in [0, 0.05) is 33.3 Å². The number of hydrogen-bond acceptors (Lipinski definition) is 14. The Morgan fingerprint density at radius 3 is 1.90 bits per heavy atom. The molecule has 0 radical (unpaired) electrons. The molecule has 0 amide bonds. The van der Waals surface area contributed by atoms with E-state index >= 15 is 0 Å². The number of nitrogens with zero attached hydrogens (tertiary/aromatic N) is 2. The van der Waals surface area contributed by atoms with Crippen molar-refractivity contribution in [2.45, 2.75) is 58.4 Å². The third-order valence-electron chi connectivity index (χ3n) is 5.40. The minimum Gasteiger partial charge on any atom is -0.464 e. The lowest BCUT2D eigenvalue weighted by molar-refractivity contribution is -0.288. The highest BCUT2D eigenvalue weighted by atomic mass is 16.7. The first-order valence-electron chi connectivity index (χ1n) is 12.0. The SMILES string of the molecule is COC(=O)c1cnc(-c2ccc(O[C@H]3O[C@H](COC(C)=O)[C@@H](OC(C)=O)[C@H](OC(C)=O)[C@@H]3OC(C)=O)cc2)cn1. The lowest BCUT2D eigenvalue weighted by Gasteiger charge is -2.43. The second-order valence-electron chi connectivity index (χ2n) is 8.49. The fourth-order valence-corrected chi connectivity index (χ4v) is 3.81. The van der Waals surface area contributed by atoms with Crippen LogP contribution in [0.5, 0.6) is 5.75 Å². The van der Waals surface area contributed by atoms with Crippen LogP contribution < -0.4 is 4.74 Å². The van der Waals surface area contributed by atoms with Gasteiger partial charge in [0.05, 0.1) is 25.2 Å². The summed E-state index contributed by atoms with van der Waals surface area (Å²) < 4.78 is 37.7. The second-order valence-corrected chi connectivity index (χ2v) is 8.49. The number of rotatable bonds is 9. The van der Waals surface area contributed by atoms with Crippen LogP contribution >= 0.6 is 0 Å². The van der Waals surface area contributed by atoms with Crippen molar-refractivity contribution in [3.8, 4) is 17.0 Å². The number of ether oxygens (including phenoxy) is 7. The summed E-state index contributed by atoms with van der Waals surface area (Å²) in [6.07, 6.45) is -3.84. The predicted molar refractivity (Wildman–Crippen MR) is 131 cm³/mol. The van der Waals surface area contributed by atoms with Crippen LogP contribution in [0.1, 0.15) is 38.2 Å². The number of carbonyl (C=O) groups is 5. The molecule has 0 bridgehead atoms. The van der Waals surface area contributed by atoms with Crippen molar-refractivity contribution in [3.63, 3.8) is 0 Å². The highest BCUT2D eigenvalue weighted by molar-refractivity contribution is 5.86. The largest absolute Gasteiger partial charge is 0.464 e. The monoisotopic (exact) mass is 560 g/mol. The van der Waals surface area contributed by atoms with E-state index < -0.39 is 60.6 Å². The first kappa shape index (κ1) is 30.0. The molecular formula is C26H28N2O12. The summed E-state index contributed by atoms with van der Waals surface area (Å²) >= 11 is 0. The summed E-state index contributed by atoms with van der Waals surface area (Å²) in [5.74, 6) is -3.24. The Bertz CT molecular complexity index is 1230. The number of benzene rings is 1. The fourth-order valence-electron chi connectivity index (χ4n) is 3.81. The summed E-state index contributed by atoms with van der Waals surface area (Å²) in [7, 11) is 1.24. The van der Waals surface area contributed by atoms with Crippen LogP contribution in [-0.2, 0) is 47.6 Å². The molecule has 0 saturated carbocycles. The zero-order valence-corrected chi connectivity index (χ0v) is 22.4. The van der Waals surface area contributed by atoms with Gasteiger partial charge in [0.1, 0.15) is 18.5 Å². The Kier molecular flexibility index (Phi) is 10.1. The second kappa shape index (κ2) is 13.5. The van der Waals surface area contributed by atoms with E-state index in [9.17, 15) is 24.0 Å². The molecule has 2 heterocycles. The zero-order chi connectivity index (χ0) is 29.4. The van der Waals surface area contributed by atoms with Gasteiger partial charge in [-0.3, -0.25) is 24.2 Å². The molecule has 3 rings (SSSR count). The van der Waals surface area contributed by atoms with E-state index in [-0.39, 0.29) is 18.1 Å². The molecule has 14 nitrogen and oxygen atoms in total. The molecule has 1 saturated heterocycles. The van der Waals surface area contributed by atoms with Crippen molar-refractivity contribution in [3.05, 3.63) is 42.4 Å². The molecule has 0 spiro atoms. The minimum atomic E-state index is -1.37. The van der Waals surface area contributed by atoms with Crippen LogP contribution in [0.3, 0.4) is 0 Å². The molecular weight excluding hydrogens is 532 g/mol. The highest BCUT2D eigenvalue weighted by Crippen LogP contribution is 2.31. The van der Waals surface area contributed by atoms with Gasteiger partial charge in [-0.25, -0.2) is 9.78 Å². The zero-order valence-electron chi connectivity index (χ0n) is 22.4. The van der Waals surface area contributed by atoms with Crippen molar-refractivity contribution < 1.29 is 57.1 Å². The van der Waals surface area contributed by atoms with Gasteiger partial charge >= 0.3 is 29.8 Å². The topological polar surface area (TPSA) is 176 Å². The average Bonchev–Trinajstić information content (AvgIpc) is 2.90. The van der Waals surface area contributed by atoms with Crippen LogP contribution in [0.15, 0.2) is 36.7 Å². The molecule has 0 aliphatic carbocycles. The lowest BCUT2D eigenvalue weighted by Crippen LogP contribution is -2.63. The van der Waals surface area contributed by atoms with Crippen LogP contribution in [0.25, 0.3) is 11.3 Å². The van der Waals surface area contributed by atoms with Crippen molar-refractivity contribution in [2.24, 2.45) is 0 Å². The maximum atomic E-state index is 12.0. The molecule has 0 unspecified atom stereocenters. The molecule has 14 heteroatoms. The number of esters is 5. The molecule has 1 aliphatic heterocycles. The quantitative estimate of drug-likeness (QED) is 0.317. The number of hydrogen-bond donors (Lipinski definition) is 0. The number of methoxy groups -OCH3 is 1. The maximum absolute atomic E-state index is 12.0. The van der Waals surface area contributed by atoms with E-state index in [0.717, 1.165) is 20.8 Å². The Morgan fingerprint density at radius 2 is 1.38 bits per heavy atom. The van der Waals surface area contributed by atoms with Crippen LogP contribution in [-0.4, -0.2) is 84.2 Å². The fraction of sp³-hybridized carbons (Fsp3) is 0.423. The summed E-state index contributed by atoms with van der Waals surface area (Å²) in [4.78, 5) is 67.0. The molecule has 1 aliphatic rings. The smallest absolute Gasteiger partial charge is 0.358 e. The van der Waals surface area contributed by atoms with Crippen molar-refractivity contribution >= 4 is 29.8 Å². The molecule has 1 fully saturated rings. The van der Waals surface area contributed by atoms with Gasteiger partial charge in [0.15, 0.2) is 17.9 Å². The van der Waals surface area contributed by atoms with E-state index in [4.69, 9.17) is 28.4 Å². The Hall–Kier alpha value is -4.59. The molecule has 1 aromatic heterocycles. The molecule has 214 valence electrons. The summed E-state index contributed by atoms with van der Waals surface area (Å²) in [5, 5.41) is 0. The van der Waals surface area contributed by atoms with Gasteiger partial charge in [-0.15, -0.1) is 0 Å². The third-order valence-corrected chi connectivity index (χ3v) is 5.40. The van der Waals surface area contributed by atoms with E-state index in [1.165, 1.54) is 26.4 Å². The summed E-state index contributed by atoms with van der Waals surface area (Å²) in [6, 6.07) is 6.45. The third kappa shape index (κ3) is 7.96. The number of aromatic nitrogens is 2. The van der Waals surface area contributed by atoms with Gasteiger partial charge in [0.2, 0.25) is 12.4 Å². The molecule has 5 atom stereocenters. The average molecular weight is 561 g/mol. The Labute approximate surface area is 228 Å². The maximum Gasteiger partial charge on any atom is 0.358 e. The Balaban J connectivity index is 1.89. The summed E-state index contributed by atoms with van der Waals surface area (Å²) in [5.41, 5.74) is 1.15. The van der Waals surface area contributed by atoms with Crippen LogP contribution in [0, 0.1) is 0 Å². The molecule has 2 aromatic rings. The minimum absolute atomic E-state index is 0.0508.